The van der Waals surface area contributed by atoms with Gasteiger partial charge in [-0.25, -0.2) is 0 Å². The summed E-state index contributed by atoms with van der Waals surface area (Å²) in [5, 5.41) is 9.89. The van der Waals surface area contributed by atoms with Crippen molar-refractivity contribution in [1.29, 1.82) is 0 Å². The Morgan fingerprint density at radius 1 is 1.11 bits per heavy atom. The average Bonchev–Trinajstić information content (AvgIpc) is 2.38. The van der Waals surface area contributed by atoms with Gasteiger partial charge >= 0.3 is 116 Å². The molecule has 0 saturated heterocycles. The van der Waals surface area contributed by atoms with Crippen molar-refractivity contribution in [2.75, 3.05) is 0 Å². The Hall–Kier alpha value is -2.02. The summed E-state index contributed by atoms with van der Waals surface area (Å²) in [6.45, 7) is 0. The van der Waals surface area contributed by atoms with Crippen molar-refractivity contribution in [1.82, 2.24) is 0 Å². The van der Waals surface area contributed by atoms with E-state index in [1.165, 1.54) is 12.1 Å². The fraction of sp³-hybridized carbons (Fsp3) is 0. The Bertz CT molecular complexity index is 880. The van der Waals surface area contributed by atoms with Gasteiger partial charge in [-0.2, -0.15) is 0 Å². The SMILES string of the molecule is [Li][c]1c(C(=O)O)ccc2oc3ccccc3c(=O)c12. The van der Waals surface area contributed by atoms with Crippen LogP contribution in [-0.2, 0) is 0 Å². The van der Waals surface area contributed by atoms with E-state index < -0.39 is 5.97 Å². The van der Waals surface area contributed by atoms with Crippen LogP contribution in [0.5, 0.6) is 0 Å². The molecule has 1 N–H and O–H groups in total. The molecule has 19 heavy (non-hydrogen) atoms. The van der Waals surface area contributed by atoms with Crippen LogP contribution >= 0.6 is 0 Å². The molecule has 0 amide bonds. The molecule has 88 valence electrons. The zero-order valence-electron chi connectivity index (χ0n) is 10.1. The second-order valence-electron chi connectivity index (χ2n) is 4.34. The third-order valence-corrected chi connectivity index (χ3v) is 3.24. The topological polar surface area (TPSA) is 67.5 Å². The van der Waals surface area contributed by atoms with E-state index in [1.54, 1.807) is 42.0 Å². The first-order valence-electron chi connectivity index (χ1n) is 5.78. The number of aromatic carboxylic acids is 1. The van der Waals surface area contributed by atoms with Gasteiger partial charge in [0, 0.05) is 0 Å². The molecule has 0 spiro atoms. The zero-order valence-corrected chi connectivity index (χ0v) is 10.1. The van der Waals surface area contributed by atoms with E-state index in [9.17, 15) is 9.59 Å². The van der Waals surface area contributed by atoms with Crippen LogP contribution in [0.15, 0.2) is 45.6 Å². The first-order chi connectivity index (χ1) is 9.09. The Morgan fingerprint density at radius 3 is 2.58 bits per heavy atom. The van der Waals surface area contributed by atoms with Gasteiger partial charge in [0.15, 0.2) is 0 Å². The van der Waals surface area contributed by atoms with Gasteiger partial charge in [-0.1, -0.05) is 0 Å². The maximum absolute atomic E-state index is 12.4. The Balaban J connectivity index is 2.57. The van der Waals surface area contributed by atoms with Gasteiger partial charge in [-0.3, -0.25) is 0 Å². The van der Waals surface area contributed by atoms with Gasteiger partial charge in [0.1, 0.15) is 0 Å². The van der Waals surface area contributed by atoms with E-state index in [0.717, 1.165) is 0 Å². The van der Waals surface area contributed by atoms with Crippen LogP contribution in [0, 0.1) is 0 Å². The molecule has 5 heteroatoms. The van der Waals surface area contributed by atoms with Gasteiger partial charge < -0.3 is 0 Å². The molecule has 0 atom stereocenters. The molecule has 1 aromatic heterocycles. The molecule has 0 aliphatic carbocycles. The third kappa shape index (κ3) is 1.77. The molecule has 0 saturated carbocycles. The van der Waals surface area contributed by atoms with Crippen LogP contribution in [0.3, 0.4) is 0 Å². The van der Waals surface area contributed by atoms with Crippen LogP contribution < -0.4 is 9.67 Å². The molecule has 0 aliphatic heterocycles. The molecule has 3 aromatic rings. The average molecular weight is 246 g/mol. The first kappa shape index (κ1) is 12.0. The van der Waals surface area contributed by atoms with Crippen molar-refractivity contribution >= 4 is 49.9 Å². The van der Waals surface area contributed by atoms with Gasteiger partial charge in [0.2, 0.25) is 0 Å². The van der Waals surface area contributed by atoms with E-state index in [-0.39, 0.29) is 11.0 Å². The first-order valence-corrected chi connectivity index (χ1v) is 5.78. The number of fused-ring (bicyclic) bond motifs is 2. The summed E-state index contributed by atoms with van der Waals surface area (Å²) >= 11 is 1.62. The Kier molecular flexibility index (Phi) is 2.70. The van der Waals surface area contributed by atoms with Crippen LogP contribution in [0.1, 0.15) is 10.4 Å². The number of carbonyl (C=O) groups is 1. The Morgan fingerprint density at radius 2 is 1.84 bits per heavy atom. The second kappa shape index (κ2) is 4.27. The maximum atomic E-state index is 12.4. The van der Waals surface area contributed by atoms with Gasteiger partial charge in [0.25, 0.3) is 0 Å². The molecule has 1 heterocycles. The van der Waals surface area contributed by atoms with E-state index in [0.29, 0.717) is 26.2 Å². The fourth-order valence-corrected chi connectivity index (χ4v) is 2.28. The minimum absolute atomic E-state index is 0.120. The second-order valence-corrected chi connectivity index (χ2v) is 4.34. The predicted octanol–water partition coefficient (Wildman–Crippen LogP) is 1.44. The monoisotopic (exact) mass is 246 g/mol. The van der Waals surface area contributed by atoms with Crippen molar-refractivity contribution < 1.29 is 14.3 Å². The molecule has 3 rings (SSSR count). The van der Waals surface area contributed by atoms with Gasteiger partial charge in [-0.05, 0) is 0 Å². The number of hydrogen-bond acceptors (Lipinski definition) is 3. The molecule has 4 nitrogen and oxygen atoms in total. The number of hydrogen-bond donors (Lipinski definition) is 1. The summed E-state index contributed by atoms with van der Waals surface area (Å²) in [6.07, 6.45) is 0. The molecule has 0 bridgehead atoms. The molecule has 0 fully saturated rings. The standard InChI is InChI=1S/C14H7O4.Li/c15-13-9-3-1-2-4-11(9)18-12-6-5-8(14(16)17)7-10(12)13;/h1-6H,(H,16,17);. The van der Waals surface area contributed by atoms with E-state index >= 15 is 0 Å². The van der Waals surface area contributed by atoms with Gasteiger partial charge in [0.05, 0.1) is 0 Å². The van der Waals surface area contributed by atoms with Crippen molar-refractivity contribution in [2.45, 2.75) is 0 Å². The molecular weight excluding hydrogens is 239 g/mol. The predicted molar refractivity (Wildman–Crippen MR) is 72.3 cm³/mol. The molecule has 2 aromatic carbocycles. The fourth-order valence-electron chi connectivity index (χ4n) is 2.28. The minimum atomic E-state index is -1.05. The van der Waals surface area contributed by atoms with E-state index in [1.807, 2.05) is 0 Å². The third-order valence-electron chi connectivity index (χ3n) is 3.24. The van der Waals surface area contributed by atoms with Crippen LogP contribution in [0.25, 0.3) is 21.9 Å². The van der Waals surface area contributed by atoms with Crippen molar-refractivity contribution in [3.63, 3.8) is 0 Å². The number of carboxylic acid groups (broad SMARTS) is 1. The van der Waals surface area contributed by atoms with Crippen LogP contribution in [-0.4, -0.2) is 28.8 Å². The molecule has 0 unspecified atom stereocenters. The summed E-state index contributed by atoms with van der Waals surface area (Å²) < 4.78 is 6.08. The van der Waals surface area contributed by atoms with Gasteiger partial charge in [-0.15, -0.1) is 0 Å². The van der Waals surface area contributed by atoms with E-state index in [2.05, 4.69) is 0 Å². The van der Waals surface area contributed by atoms with Crippen molar-refractivity contribution in [2.24, 2.45) is 0 Å². The normalized spacial score (nSPS) is 11.1. The summed E-state index contributed by atoms with van der Waals surface area (Å²) in [5.41, 5.74) is 0.834. The number of rotatable bonds is 1. The molecule has 0 radical (unpaired) electrons. The van der Waals surface area contributed by atoms with Crippen LogP contribution in [0.2, 0.25) is 0 Å². The summed E-state index contributed by atoms with van der Waals surface area (Å²) in [7, 11) is 0. The quantitative estimate of drug-likeness (QED) is 0.521. The number of benzene rings is 2. The van der Waals surface area contributed by atoms with Crippen molar-refractivity contribution in [3.05, 3.63) is 52.2 Å². The summed E-state index contributed by atoms with van der Waals surface area (Å²) in [4.78, 5) is 23.5. The summed E-state index contributed by atoms with van der Waals surface area (Å²) in [6, 6.07) is 9.92. The van der Waals surface area contributed by atoms with Crippen LogP contribution in [0.4, 0.5) is 0 Å². The van der Waals surface area contributed by atoms with Crippen molar-refractivity contribution in [3.8, 4) is 0 Å². The number of carboxylic acids is 1. The molecule has 0 aliphatic rings. The Labute approximate surface area is 116 Å². The zero-order chi connectivity index (χ0) is 13.6. The van der Waals surface area contributed by atoms with E-state index in [4.69, 9.17) is 9.52 Å². The number of para-hydroxylation sites is 1. The summed E-state index contributed by atoms with van der Waals surface area (Å²) in [5.74, 6) is -1.05. The molecular formula is C14H7LiO4.